The summed E-state index contributed by atoms with van der Waals surface area (Å²) < 4.78 is 26.1. The number of esters is 3. The van der Waals surface area contributed by atoms with Crippen molar-refractivity contribution in [3.63, 3.8) is 0 Å². The second-order valence-electron chi connectivity index (χ2n) is 4.74. The van der Waals surface area contributed by atoms with Gasteiger partial charge in [0.15, 0.2) is 24.6 Å². The Kier molecular flexibility index (Phi) is 6.72. The molecule has 0 aromatic rings. The minimum Gasteiger partial charge on any atom is -0.456 e. The van der Waals surface area contributed by atoms with Crippen LogP contribution in [-0.4, -0.2) is 62.3 Å². The first-order valence-corrected chi connectivity index (χ1v) is 6.70. The van der Waals surface area contributed by atoms with Gasteiger partial charge in [-0.15, -0.1) is 0 Å². The number of nitrogens with two attached hydrogens (primary N) is 1. The van der Waals surface area contributed by atoms with Crippen LogP contribution < -0.4 is 5.73 Å². The van der Waals surface area contributed by atoms with E-state index in [-0.39, 0.29) is 6.54 Å². The van der Waals surface area contributed by atoms with Crippen molar-refractivity contribution in [2.75, 3.05) is 13.7 Å². The van der Waals surface area contributed by atoms with Crippen molar-refractivity contribution >= 4 is 17.9 Å². The van der Waals surface area contributed by atoms with Crippen LogP contribution in [-0.2, 0) is 38.1 Å². The number of hydrogen-bond donors (Lipinski definition) is 1. The third-order valence-corrected chi connectivity index (χ3v) is 2.96. The lowest BCUT2D eigenvalue weighted by molar-refractivity contribution is -0.296. The molecule has 9 heteroatoms. The quantitative estimate of drug-likeness (QED) is 0.507. The largest absolute Gasteiger partial charge is 0.456 e. The minimum absolute atomic E-state index is 0.0115. The molecule has 1 heterocycles. The number of methoxy groups -OCH3 is 1. The van der Waals surface area contributed by atoms with E-state index in [9.17, 15) is 14.4 Å². The summed E-state index contributed by atoms with van der Waals surface area (Å²) in [6, 6.07) is 0. The van der Waals surface area contributed by atoms with E-state index in [1.165, 1.54) is 27.9 Å². The summed E-state index contributed by atoms with van der Waals surface area (Å²) in [6.45, 7) is 3.56. The van der Waals surface area contributed by atoms with Gasteiger partial charge in [0.1, 0.15) is 6.10 Å². The van der Waals surface area contributed by atoms with Gasteiger partial charge < -0.3 is 29.4 Å². The van der Waals surface area contributed by atoms with Gasteiger partial charge in [0.05, 0.1) is 0 Å². The zero-order valence-electron chi connectivity index (χ0n) is 12.9. The molecule has 1 aliphatic heterocycles. The number of hydrogen-bond acceptors (Lipinski definition) is 9. The van der Waals surface area contributed by atoms with Gasteiger partial charge in [0.25, 0.3) is 0 Å². The molecule has 5 atom stereocenters. The molecule has 0 unspecified atom stereocenters. The first-order valence-electron chi connectivity index (χ1n) is 6.70. The number of rotatable bonds is 5. The van der Waals surface area contributed by atoms with Gasteiger partial charge in [-0.25, -0.2) is 0 Å². The highest BCUT2D eigenvalue weighted by Gasteiger charge is 2.51. The van der Waals surface area contributed by atoms with Crippen molar-refractivity contribution < 1.29 is 38.1 Å². The van der Waals surface area contributed by atoms with E-state index in [1.807, 2.05) is 0 Å². The van der Waals surface area contributed by atoms with Gasteiger partial charge in [-0.1, -0.05) is 0 Å². The normalized spacial score (nSPS) is 31.2. The van der Waals surface area contributed by atoms with Crippen LogP contribution in [0.2, 0.25) is 0 Å². The molecular formula is C13H21NO8. The Labute approximate surface area is 128 Å². The molecule has 1 saturated heterocycles. The van der Waals surface area contributed by atoms with E-state index in [1.54, 1.807) is 0 Å². The van der Waals surface area contributed by atoms with Crippen LogP contribution in [0.1, 0.15) is 20.8 Å². The van der Waals surface area contributed by atoms with Gasteiger partial charge >= 0.3 is 17.9 Å². The second kappa shape index (κ2) is 8.06. The van der Waals surface area contributed by atoms with Gasteiger partial charge in [-0.05, 0) is 0 Å². The molecule has 0 spiro atoms. The molecule has 1 rings (SSSR count). The topological polar surface area (TPSA) is 123 Å². The summed E-state index contributed by atoms with van der Waals surface area (Å²) in [5.74, 6) is -1.87. The van der Waals surface area contributed by atoms with E-state index < -0.39 is 48.6 Å². The van der Waals surface area contributed by atoms with E-state index >= 15 is 0 Å². The van der Waals surface area contributed by atoms with Gasteiger partial charge in [-0.2, -0.15) is 0 Å². The van der Waals surface area contributed by atoms with Gasteiger partial charge in [0.2, 0.25) is 0 Å². The standard InChI is InChI=1S/C13H21NO8/c1-6(15)19-10-9(5-14)22-13(18-4)12(21-8(3)17)11(10)20-7(2)16/h9-13H,5,14H2,1-4H3/t9-,10-,11+,12-,13-/m1/s1. The molecule has 2 N–H and O–H groups in total. The van der Waals surface area contributed by atoms with Crippen molar-refractivity contribution in [1.82, 2.24) is 0 Å². The molecule has 22 heavy (non-hydrogen) atoms. The van der Waals surface area contributed by atoms with E-state index in [2.05, 4.69) is 0 Å². The highest BCUT2D eigenvalue weighted by Crippen LogP contribution is 2.28. The zero-order valence-corrected chi connectivity index (χ0v) is 12.9. The summed E-state index contributed by atoms with van der Waals surface area (Å²) in [5, 5.41) is 0. The molecule has 1 fully saturated rings. The average Bonchev–Trinajstić information content (AvgIpc) is 2.41. The van der Waals surface area contributed by atoms with E-state index in [4.69, 9.17) is 29.4 Å². The van der Waals surface area contributed by atoms with Crippen molar-refractivity contribution in [3.8, 4) is 0 Å². The second-order valence-corrected chi connectivity index (χ2v) is 4.74. The van der Waals surface area contributed by atoms with Crippen molar-refractivity contribution in [3.05, 3.63) is 0 Å². The van der Waals surface area contributed by atoms with Crippen molar-refractivity contribution in [2.45, 2.75) is 51.5 Å². The first kappa shape index (κ1) is 18.3. The summed E-state index contributed by atoms with van der Waals surface area (Å²) in [4.78, 5) is 33.9. The molecule has 1 aliphatic rings. The van der Waals surface area contributed by atoms with Crippen molar-refractivity contribution in [1.29, 1.82) is 0 Å². The Balaban J connectivity index is 3.14. The van der Waals surface area contributed by atoms with Crippen LogP contribution in [0.5, 0.6) is 0 Å². The Bertz CT molecular complexity index is 396. The van der Waals surface area contributed by atoms with E-state index in [0.29, 0.717) is 0 Å². The molecule has 0 radical (unpaired) electrons. The minimum atomic E-state index is -1.09. The van der Waals surface area contributed by atoms with Crippen LogP contribution in [0.15, 0.2) is 0 Å². The maximum Gasteiger partial charge on any atom is 0.303 e. The molecule has 0 aliphatic carbocycles. The molecule has 0 amide bonds. The molecule has 0 aromatic heterocycles. The fraction of sp³-hybridized carbons (Fsp3) is 0.769. The molecule has 9 nitrogen and oxygen atoms in total. The molecular weight excluding hydrogens is 298 g/mol. The predicted octanol–water partition coefficient (Wildman–Crippen LogP) is -0.888. The Hall–Kier alpha value is -1.71. The number of carbonyl (C=O) groups is 3. The monoisotopic (exact) mass is 319 g/mol. The van der Waals surface area contributed by atoms with Crippen LogP contribution in [0.3, 0.4) is 0 Å². The summed E-state index contributed by atoms with van der Waals surface area (Å²) in [5.41, 5.74) is 5.61. The maximum atomic E-state index is 11.3. The zero-order chi connectivity index (χ0) is 16.9. The smallest absolute Gasteiger partial charge is 0.303 e. The molecule has 0 bridgehead atoms. The maximum absolute atomic E-state index is 11.3. The summed E-state index contributed by atoms with van der Waals surface area (Å²) >= 11 is 0. The fourth-order valence-electron chi connectivity index (χ4n) is 2.23. The van der Waals surface area contributed by atoms with Crippen LogP contribution >= 0.6 is 0 Å². The average molecular weight is 319 g/mol. The summed E-state index contributed by atoms with van der Waals surface area (Å²) in [6.07, 6.45) is -4.96. The van der Waals surface area contributed by atoms with Crippen LogP contribution in [0.4, 0.5) is 0 Å². The molecule has 126 valence electrons. The number of carbonyl (C=O) groups excluding carboxylic acids is 3. The molecule has 0 saturated carbocycles. The third kappa shape index (κ3) is 4.65. The first-order chi connectivity index (χ1) is 10.3. The highest BCUT2D eigenvalue weighted by atomic mass is 16.7. The number of ether oxygens (including phenoxy) is 5. The Morgan fingerprint density at radius 1 is 0.909 bits per heavy atom. The summed E-state index contributed by atoms with van der Waals surface area (Å²) in [7, 11) is 1.34. The molecule has 0 aromatic carbocycles. The Morgan fingerprint density at radius 3 is 1.77 bits per heavy atom. The van der Waals surface area contributed by atoms with Crippen LogP contribution in [0, 0.1) is 0 Å². The Morgan fingerprint density at radius 2 is 1.36 bits per heavy atom. The van der Waals surface area contributed by atoms with E-state index in [0.717, 1.165) is 0 Å². The lowest BCUT2D eigenvalue weighted by Crippen LogP contribution is -2.63. The SMILES string of the molecule is CO[C@@H]1O[C@H](CN)[C@@H](OC(C)=O)[C@H](OC(C)=O)[C@H]1OC(C)=O. The highest BCUT2D eigenvalue weighted by molar-refractivity contribution is 5.68. The van der Waals surface area contributed by atoms with Gasteiger partial charge in [0, 0.05) is 34.4 Å². The van der Waals surface area contributed by atoms with Crippen molar-refractivity contribution in [2.24, 2.45) is 5.73 Å². The lowest BCUT2D eigenvalue weighted by atomic mass is 9.98. The van der Waals surface area contributed by atoms with Crippen LogP contribution in [0.25, 0.3) is 0 Å². The third-order valence-electron chi connectivity index (χ3n) is 2.96. The predicted molar refractivity (Wildman–Crippen MR) is 71.4 cm³/mol. The lowest BCUT2D eigenvalue weighted by Gasteiger charge is -2.43. The fourth-order valence-corrected chi connectivity index (χ4v) is 2.23. The van der Waals surface area contributed by atoms with Gasteiger partial charge in [-0.3, -0.25) is 14.4 Å².